The van der Waals surface area contributed by atoms with Gasteiger partial charge in [0.25, 0.3) is 0 Å². The Morgan fingerprint density at radius 1 is 0.447 bits per heavy atom. The van der Waals surface area contributed by atoms with E-state index in [4.69, 9.17) is 0 Å². The molecule has 0 fully saturated rings. The minimum atomic E-state index is -6.13. The molecule has 0 aliphatic heterocycles. The summed E-state index contributed by atoms with van der Waals surface area (Å²) in [6, 6.07) is 0.565. The maximum Gasteiger partial charge on any atom is 0.416 e. The fraction of sp³-hybridized carbons (Fsp3) is 0.271. The van der Waals surface area contributed by atoms with E-state index in [9.17, 15) is 110 Å². The van der Waals surface area contributed by atoms with Crippen molar-refractivity contribution in [2.24, 2.45) is 0 Å². The van der Waals surface area contributed by atoms with Crippen LogP contribution in [0.25, 0.3) is 0 Å². The standard InChI is InChI=1S/C32H12BF24.C16H19N2O/c34-25(35,36)13-1-14(26(37,38)39)6-21(5-13)33(22-7-15(27(40,41)42)2-16(8-22)28(43,44)45,23-9-17(29(46,47)48)3-18(10-23)30(49,50)51)24-11-19(31(52,53)54)4-20(12-24)32(55,56)57;1-3-13(2)15-11-18(10-9-17-15)12-16(19)14-7-5-4-6-8-14/h1-12H;4-11,13H,3,12H2,1-2H3/q-1;+1. The van der Waals surface area contributed by atoms with E-state index in [1.165, 1.54) is 0 Å². The van der Waals surface area contributed by atoms with Gasteiger partial charge in [-0.15, -0.1) is 0 Å². The van der Waals surface area contributed by atoms with Crippen LogP contribution in [0.2, 0.25) is 0 Å². The summed E-state index contributed by atoms with van der Waals surface area (Å²) in [5.74, 6) is 0.533. The second-order valence-corrected chi connectivity index (χ2v) is 17.0. The highest BCUT2D eigenvalue weighted by Gasteiger charge is 2.47. The zero-order chi connectivity index (χ0) is 57.6. The van der Waals surface area contributed by atoms with Crippen LogP contribution in [0.1, 0.15) is 86.7 Å². The molecule has 5 aromatic carbocycles. The average Bonchev–Trinajstić information content (AvgIpc) is 3.29. The predicted octanol–water partition coefficient (Wildman–Crippen LogP) is 14.0. The van der Waals surface area contributed by atoms with Crippen molar-refractivity contribution in [3.05, 3.63) is 177 Å². The van der Waals surface area contributed by atoms with Gasteiger partial charge in [-0.05, 0) is 30.7 Å². The van der Waals surface area contributed by atoms with Crippen LogP contribution >= 0.6 is 0 Å². The summed E-state index contributed by atoms with van der Waals surface area (Å²) >= 11 is 0. The molecule has 3 nitrogen and oxygen atoms in total. The molecule has 0 spiro atoms. The van der Waals surface area contributed by atoms with Crippen molar-refractivity contribution in [1.29, 1.82) is 0 Å². The molecule has 0 aliphatic rings. The van der Waals surface area contributed by atoms with Gasteiger partial charge >= 0.3 is 49.4 Å². The number of aromatic nitrogens is 2. The average molecular weight is 1120 g/mol. The molecule has 410 valence electrons. The first kappa shape index (κ1) is 60.1. The lowest BCUT2D eigenvalue weighted by Crippen LogP contribution is -2.75. The van der Waals surface area contributed by atoms with Gasteiger partial charge in [-0.1, -0.05) is 92.7 Å². The fourth-order valence-corrected chi connectivity index (χ4v) is 7.97. The monoisotopic (exact) mass is 1120 g/mol. The van der Waals surface area contributed by atoms with Crippen LogP contribution < -0.4 is 26.4 Å². The number of Topliss-reactive ketones (excluding diaryl/α,β-unsaturated/α-hetero) is 1. The van der Waals surface area contributed by atoms with Gasteiger partial charge in [0.15, 0.2) is 12.4 Å². The molecule has 0 radical (unpaired) electrons. The molecule has 0 aliphatic carbocycles. The second kappa shape index (κ2) is 21.0. The number of hydrogen-bond acceptors (Lipinski definition) is 2. The van der Waals surface area contributed by atoms with Crippen LogP contribution in [0.5, 0.6) is 0 Å². The SMILES string of the molecule is CCC(C)c1c[n+](CC(=O)c2ccccc2)ccn1.FC(F)(F)c1cc([B-](c2cc(C(F)(F)F)cc(C(F)(F)F)c2)(c2cc(C(F)(F)F)cc(C(F)(F)F)c2)c2cc(C(F)(F)F)cc(C(F)(F)F)c2)cc(C(F)(F)F)c1. The van der Waals surface area contributed by atoms with E-state index in [1.54, 1.807) is 6.20 Å². The van der Waals surface area contributed by atoms with E-state index in [1.807, 2.05) is 47.3 Å². The summed E-state index contributed by atoms with van der Waals surface area (Å²) < 4.78 is 343. The third-order valence-corrected chi connectivity index (χ3v) is 11.8. The third kappa shape index (κ3) is 14.0. The highest BCUT2D eigenvalue weighted by molar-refractivity contribution is 7.20. The van der Waals surface area contributed by atoms with E-state index >= 15 is 0 Å². The topological polar surface area (TPSA) is 33.8 Å². The number of ketones is 1. The number of rotatable bonds is 9. The Hall–Kier alpha value is -6.77. The Bertz CT molecular complexity index is 2600. The maximum atomic E-state index is 14.2. The predicted molar refractivity (Wildman–Crippen MR) is 224 cm³/mol. The van der Waals surface area contributed by atoms with E-state index in [0.717, 1.165) is 17.7 Å². The normalized spacial score (nSPS) is 13.8. The lowest BCUT2D eigenvalue weighted by atomic mass is 9.12. The smallest absolute Gasteiger partial charge is 0.287 e. The van der Waals surface area contributed by atoms with E-state index in [-0.39, 0.29) is 5.78 Å². The molecule has 1 heterocycles. The number of hydrogen-bond donors (Lipinski definition) is 0. The second-order valence-electron chi connectivity index (χ2n) is 17.0. The molecular weight excluding hydrogens is 1090 g/mol. The first-order valence-corrected chi connectivity index (χ1v) is 21.3. The van der Waals surface area contributed by atoms with Crippen LogP contribution in [-0.2, 0) is 56.0 Å². The first-order valence-electron chi connectivity index (χ1n) is 21.3. The van der Waals surface area contributed by atoms with Crippen LogP contribution in [0.15, 0.2) is 122 Å². The molecule has 1 aromatic heterocycles. The summed E-state index contributed by atoms with van der Waals surface area (Å²) in [6.07, 6.45) is -48.2. The molecule has 0 saturated carbocycles. The summed E-state index contributed by atoms with van der Waals surface area (Å²) in [4.78, 5) is 16.5. The Morgan fingerprint density at radius 3 is 0.947 bits per heavy atom. The molecule has 1 atom stereocenters. The molecule has 28 heteroatoms. The van der Waals surface area contributed by atoms with E-state index < -0.39 is 195 Å². The highest BCUT2D eigenvalue weighted by Crippen LogP contribution is 2.41. The van der Waals surface area contributed by atoms with E-state index in [0.29, 0.717) is 12.5 Å². The van der Waals surface area contributed by atoms with Crippen molar-refractivity contribution >= 4 is 33.8 Å². The maximum absolute atomic E-state index is 14.2. The van der Waals surface area contributed by atoms with Gasteiger partial charge in [-0.3, -0.25) is 4.79 Å². The van der Waals surface area contributed by atoms with Crippen molar-refractivity contribution < 1.29 is 115 Å². The molecular formula is C48H31BF24N2O. The number of halogens is 24. The van der Waals surface area contributed by atoms with Gasteiger partial charge < -0.3 is 0 Å². The van der Waals surface area contributed by atoms with Crippen molar-refractivity contribution in [2.45, 2.75) is 82.1 Å². The molecule has 6 rings (SSSR count). The largest absolute Gasteiger partial charge is 0.416 e. The molecule has 76 heavy (non-hydrogen) atoms. The molecule has 6 aromatic rings. The zero-order valence-electron chi connectivity index (χ0n) is 38.0. The Kier molecular flexibility index (Phi) is 16.6. The van der Waals surface area contributed by atoms with Crippen LogP contribution in [0.4, 0.5) is 105 Å². The Morgan fingerprint density at radius 2 is 0.711 bits per heavy atom. The third-order valence-electron chi connectivity index (χ3n) is 11.8. The van der Waals surface area contributed by atoms with Crippen molar-refractivity contribution in [2.75, 3.05) is 0 Å². The Labute approximate surface area is 412 Å². The minimum Gasteiger partial charge on any atom is -0.287 e. The molecule has 0 saturated heterocycles. The van der Waals surface area contributed by atoms with Gasteiger partial charge in [-0.2, -0.15) is 132 Å². The van der Waals surface area contributed by atoms with Gasteiger partial charge in [0.05, 0.1) is 50.7 Å². The zero-order valence-corrected chi connectivity index (χ0v) is 38.0. The quantitative estimate of drug-likeness (QED) is 0.0626. The number of benzene rings is 5. The van der Waals surface area contributed by atoms with E-state index in [2.05, 4.69) is 18.8 Å². The highest BCUT2D eigenvalue weighted by atomic mass is 19.4. The lowest BCUT2D eigenvalue weighted by Gasteiger charge is -2.46. The number of nitrogens with zero attached hydrogens (tertiary/aromatic N) is 2. The summed E-state index contributed by atoms with van der Waals surface area (Å²) in [7, 11) is 0. The lowest BCUT2D eigenvalue weighted by molar-refractivity contribution is -0.684. The summed E-state index contributed by atoms with van der Waals surface area (Å²) in [6.45, 7) is 4.64. The van der Waals surface area contributed by atoms with Crippen LogP contribution in [-0.4, -0.2) is 16.9 Å². The van der Waals surface area contributed by atoms with Crippen molar-refractivity contribution in [1.82, 2.24) is 4.98 Å². The summed E-state index contributed by atoms with van der Waals surface area (Å²) in [5, 5.41) is 0. The van der Waals surface area contributed by atoms with Crippen LogP contribution in [0.3, 0.4) is 0 Å². The summed E-state index contributed by atoms with van der Waals surface area (Å²) in [5.41, 5.74) is -28.4. The fourth-order valence-electron chi connectivity index (χ4n) is 7.97. The first-order chi connectivity index (χ1) is 34.5. The number of alkyl halides is 24. The van der Waals surface area contributed by atoms with Gasteiger partial charge in [0.1, 0.15) is 11.8 Å². The molecule has 0 bridgehead atoms. The van der Waals surface area contributed by atoms with Crippen molar-refractivity contribution in [3.63, 3.8) is 0 Å². The molecule has 0 N–H and O–H groups in total. The number of carbonyl (C=O) groups is 1. The van der Waals surface area contributed by atoms with Gasteiger partial charge in [0, 0.05) is 11.5 Å². The molecule has 0 amide bonds. The number of carbonyl (C=O) groups excluding carboxylic acids is 1. The minimum absolute atomic E-state index is 0.118. The van der Waals surface area contributed by atoms with Crippen molar-refractivity contribution in [3.8, 4) is 0 Å². The molecule has 1 unspecified atom stereocenters. The Balaban J connectivity index is 0.000000468. The van der Waals surface area contributed by atoms with Gasteiger partial charge in [0.2, 0.25) is 12.3 Å². The van der Waals surface area contributed by atoms with Crippen LogP contribution in [0, 0.1) is 0 Å². The van der Waals surface area contributed by atoms with Gasteiger partial charge in [-0.25, -0.2) is 4.98 Å².